The molecule has 7 N–H and O–H groups in total. The Morgan fingerprint density at radius 3 is 1.72 bits per heavy atom. The van der Waals surface area contributed by atoms with Gasteiger partial charge in [0, 0.05) is 0 Å². The Bertz CT molecular complexity index is 579. The highest BCUT2D eigenvalue weighted by atomic mass is 16.4. The minimum absolute atomic E-state index is 0.0187. The number of rotatable bonds is 12. The summed E-state index contributed by atoms with van der Waals surface area (Å²) in [5.74, 6) is -3.01. The van der Waals surface area contributed by atoms with Gasteiger partial charge in [-0.15, -0.1) is 0 Å². The van der Waals surface area contributed by atoms with Crippen molar-refractivity contribution in [1.29, 1.82) is 0 Å². The van der Waals surface area contributed by atoms with Crippen LogP contribution in [0.4, 0.5) is 0 Å². The van der Waals surface area contributed by atoms with Crippen molar-refractivity contribution in [2.45, 2.75) is 84.7 Å². The molecule has 0 saturated carbocycles. The number of aliphatic hydroxyl groups excluding tert-OH is 1. The minimum atomic E-state index is -1.31. The number of hydrogen-bond donors (Lipinski definition) is 6. The van der Waals surface area contributed by atoms with Crippen molar-refractivity contribution < 1.29 is 29.4 Å². The van der Waals surface area contributed by atoms with Crippen LogP contribution in [0.15, 0.2) is 0 Å². The van der Waals surface area contributed by atoms with Crippen LogP contribution >= 0.6 is 0 Å². The van der Waals surface area contributed by atoms with Gasteiger partial charge in [-0.2, -0.15) is 0 Å². The Morgan fingerprint density at radius 2 is 1.31 bits per heavy atom. The van der Waals surface area contributed by atoms with Crippen LogP contribution in [0.2, 0.25) is 0 Å². The summed E-state index contributed by atoms with van der Waals surface area (Å²) in [7, 11) is 0. The number of carbonyl (C=O) groups is 4. The van der Waals surface area contributed by atoms with Crippen molar-refractivity contribution in [2.75, 3.05) is 0 Å². The maximum atomic E-state index is 12.7. The molecular formula is C19H36N4O6. The molecule has 0 heterocycles. The normalized spacial score (nSPS) is 16.5. The zero-order valence-corrected chi connectivity index (χ0v) is 18.1. The number of carboxylic acids is 1. The van der Waals surface area contributed by atoms with Crippen LogP contribution in [0, 0.1) is 11.8 Å². The van der Waals surface area contributed by atoms with Crippen LogP contribution in [0.3, 0.4) is 0 Å². The maximum Gasteiger partial charge on any atom is 0.325 e. The monoisotopic (exact) mass is 416 g/mol. The fourth-order valence-electron chi connectivity index (χ4n) is 2.62. The van der Waals surface area contributed by atoms with E-state index in [1.165, 1.54) is 13.8 Å². The molecule has 29 heavy (non-hydrogen) atoms. The van der Waals surface area contributed by atoms with Gasteiger partial charge in [0.15, 0.2) is 0 Å². The highest BCUT2D eigenvalue weighted by Gasteiger charge is 2.32. The lowest BCUT2D eigenvalue weighted by Gasteiger charge is -2.27. The summed E-state index contributed by atoms with van der Waals surface area (Å²) in [6.45, 7) is 10.1. The molecule has 0 aliphatic carbocycles. The van der Waals surface area contributed by atoms with E-state index in [-0.39, 0.29) is 18.3 Å². The van der Waals surface area contributed by atoms with Crippen LogP contribution in [-0.4, -0.2) is 64.2 Å². The van der Waals surface area contributed by atoms with Crippen molar-refractivity contribution >= 4 is 23.7 Å². The fourth-order valence-corrected chi connectivity index (χ4v) is 2.62. The second-order valence-corrected chi connectivity index (χ2v) is 8.22. The number of nitrogens with one attached hydrogen (secondary N) is 3. The van der Waals surface area contributed by atoms with Crippen LogP contribution in [0.25, 0.3) is 0 Å². The number of nitrogens with two attached hydrogens (primary N) is 1. The second kappa shape index (κ2) is 12.4. The molecule has 0 bridgehead atoms. The smallest absolute Gasteiger partial charge is 0.325 e. The molecule has 10 nitrogen and oxygen atoms in total. The Hall–Kier alpha value is -2.20. The van der Waals surface area contributed by atoms with E-state index in [9.17, 15) is 24.3 Å². The lowest BCUT2D eigenvalue weighted by Crippen LogP contribution is -2.59. The molecule has 0 aromatic carbocycles. The van der Waals surface area contributed by atoms with E-state index in [0.29, 0.717) is 6.42 Å². The number of hydrogen-bond acceptors (Lipinski definition) is 6. The highest BCUT2D eigenvalue weighted by molar-refractivity contribution is 5.94. The average Bonchev–Trinajstić information content (AvgIpc) is 2.56. The molecule has 5 atom stereocenters. The van der Waals surface area contributed by atoms with E-state index in [1.807, 2.05) is 27.7 Å². The summed E-state index contributed by atoms with van der Waals surface area (Å²) < 4.78 is 0. The first kappa shape index (κ1) is 26.8. The molecule has 0 aromatic rings. The summed E-state index contributed by atoms with van der Waals surface area (Å²) in [6, 6.07) is -4.29. The van der Waals surface area contributed by atoms with Crippen molar-refractivity contribution in [1.82, 2.24) is 16.0 Å². The Morgan fingerprint density at radius 1 is 0.793 bits per heavy atom. The zero-order chi connectivity index (χ0) is 22.9. The Labute approximate surface area is 172 Å². The molecule has 168 valence electrons. The van der Waals surface area contributed by atoms with Gasteiger partial charge in [-0.25, -0.2) is 0 Å². The predicted octanol–water partition coefficient (Wildman–Crippen LogP) is -0.654. The van der Waals surface area contributed by atoms with Gasteiger partial charge in [-0.1, -0.05) is 27.7 Å². The van der Waals surface area contributed by atoms with Crippen LogP contribution in [0.1, 0.15) is 54.4 Å². The number of carbonyl (C=O) groups excluding carboxylic acids is 3. The van der Waals surface area contributed by atoms with Crippen molar-refractivity contribution in [3.8, 4) is 0 Å². The molecule has 0 radical (unpaired) electrons. The Balaban J connectivity index is 5.26. The molecule has 0 saturated heterocycles. The van der Waals surface area contributed by atoms with Crippen molar-refractivity contribution in [3.05, 3.63) is 0 Å². The average molecular weight is 417 g/mol. The topological polar surface area (TPSA) is 171 Å². The third-order valence-electron chi connectivity index (χ3n) is 4.19. The zero-order valence-electron chi connectivity index (χ0n) is 18.1. The summed E-state index contributed by atoms with van der Waals surface area (Å²) in [5.41, 5.74) is 5.82. The lowest BCUT2D eigenvalue weighted by atomic mass is 10.0. The van der Waals surface area contributed by atoms with E-state index in [1.54, 1.807) is 0 Å². The predicted molar refractivity (Wildman–Crippen MR) is 108 cm³/mol. The van der Waals surface area contributed by atoms with Gasteiger partial charge < -0.3 is 31.9 Å². The van der Waals surface area contributed by atoms with E-state index < -0.39 is 54.0 Å². The van der Waals surface area contributed by atoms with E-state index >= 15 is 0 Å². The molecular weight excluding hydrogens is 380 g/mol. The summed E-state index contributed by atoms with van der Waals surface area (Å²) in [6.07, 6.45) is -0.575. The Kier molecular flexibility index (Phi) is 11.4. The van der Waals surface area contributed by atoms with Gasteiger partial charge in [0.2, 0.25) is 17.7 Å². The quantitative estimate of drug-likeness (QED) is 0.245. The summed E-state index contributed by atoms with van der Waals surface area (Å²) >= 11 is 0. The van der Waals surface area contributed by atoms with Gasteiger partial charge in [-0.3, -0.25) is 19.2 Å². The second-order valence-electron chi connectivity index (χ2n) is 8.22. The maximum absolute atomic E-state index is 12.7. The molecule has 0 fully saturated rings. The summed E-state index contributed by atoms with van der Waals surface area (Å²) in [5, 5.41) is 26.1. The minimum Gasteiger partial charge on any atom is -0.480 e. The third kappa shape index (κ3) is 10.2. The number of aliphatic carboxylic acids is 1. The van der Waals surface area contributed by atoms with Crippen LogP contribution in [0.5, 0.6) is 0 Å². The fraction of sp³-hybridized carbons (Fsp3) is 0.789. The number of carboxylic acid groups (broad SMARTS) is 1. The summed E-state index contributed by atoms with van der Waals surface area (Å²) in [4.78, 5) is 48.3. The molecule has 5 unspecified atom stereocenters. The number of aliphatic hydroxyl groups is 1. The van der Waals surface area contributed by atoms with Crippen molar-refractivity contribution in [2.24, 2.45) is 17.6 Å². The largest absolute Gasteiger partial charge is 0.480 e. The molecule has 0 spiro atoms. The molecule has 3 amide bonds. The van der Waals surface area contributed by atoms with Crippen LogP contribution in [-0.2, 0) is 19.2 Å². The molecule has 0 rings (SSSR count). The molecule has 0 aliphatic rings. The first-order valence-electron chi connectivity index (χ1n) is 9.83. The number of amides is 3. The van der Waals surface area contributed by atoms with Gasteiger partial charge in [0.05, 0.1) is 12.1 Å². The van der Waals surface area contributed by atoms with Gasteiger partial charge in [0.1, 0.15) is 18.1 Å². The van der Waals surface area contributed by atoms with Gasteiger partial charge in [0.25, 0.3) is 0 Å². The van der Waals surface area contributed by atoms with E-state index in [2.05, 4.69) is 16.0 Å². The van der Waals surface area contributed by atoms with Crippen LogP contribution < -0.4 is 21.7 Å². The standard InChI is InChI=1S/C19H36N4O6/c1-9(2)7-13(20)16(25)23-15(12(6)24)18(27)22-14(8-10(3)4)17(26)21-11(5)19(28)29/h9-15,24H,7-8,20H2,1-6H3,(H,21,26)(H,22,27)(H,23,25)(H,28,29). The SMILES string of the molecule is CC(C)CC(N)C(=O)NC(C(=O)NC(CC(C)C)C(=O)NC(C)C(=O)O)C(C)O. The van der Waals surface area contributed by atoms with Gasteiger partial charge in [-0.05, 0) is 38.5 Å². The lowest BCUT2D eigenvalue weighted by molar-refractivity contribution is -0.142. The molecule has 0 aromatic heterocycles. The van der Waals surface area contributed by atoms with E-state index in [4.69, 9.17) is 10.8 Å². The van der Waals surface area contributed by atoms with E-state index in [0.717, 1.165) is 0 Å². The molecule has 0 aliphatic heterocycles. The van der Waals surface area contributed by atoms with Gasteiger partial charge >= 0.3 is 5.97 Å². The first-order valence-corrected chi connectivity index (χ1v) is 9.83. The highest BCUT2D eigenvalue weighted by Crippen LogP contribution is 2.08. The molecule has 10 heteroatoms. The first-order chi connectivity index (χ1) is 13.3. The van der Waals surface area contributed by atoms with Crippen molar-refractivity contribution in [3.63, 3.8) is 0 Å². The third-order valence-corrected chi connectivity index (χ3v) is 4.19.